The third-order valence-electron chi connectivity index (χ3n) is 1.89. The predicted molar refractivity (Wildman–Crippen MR) is 53.0 cm³/mol. The SMILES string of the molecule is Cc1nc(Cc2ncc[nH]2)c(C)s1. The van der Waals surface area contributed by atoms with Crippen LogP contribution in [-0.4, -0.2) is 15.0 Å². The number of aryl methyl sites for hydroxylation is 2. The molecule has 13 heavy (non-hydrogen) atoms. The van der Waals surface area contributed by atoms with Gasteiger partial charge in [-0.05, 0) is 13.8 Å². The molecule has 0 aliphatic rings. The van der Waals surface area contributed by atoms with E-state index in [-0.39, 0.29) is 0 Å². The van der Waals surface area contributed by atoms with Crippen molar-refractivity contribution in [2.75, 3.05) is 0 Å². The van der Waals surface area contributed by atoms with Gasteiger partial charge in [-0.2, -0.15) is 0 Å². The summed E-state index contributed by atoms with van der Waals surface area (Å²) in [6.07, 6.45) is 4.41. The van der Waals surface area contributed by atoms with Crippen molar-refractivity contribution >= 4 is 11.3 Å². The molecule has 0 unspecified atom stereocenters. The van der Waals surface area contributed by atoms with E-state index >= 15 is 0 Å². The normalized spacial score (nSPS) is 10.6. The molecule has 0 saturated heterocycles. The highest BCUT2D eigenvalue weighted by molar-refractivity contribution is 7.11. The first-order valence-corrected chi connectivity index (χ1v) is 4.98. The largest absolute Gasteiger partial charge is 0.348 e. The van der Waals surface area contributed by atoms with Crippen molar-refractivity contribution < 1.29 is 0 Å². The van der Waals surface area contributed by atoms with Gasteiger partial charge in [0.25, 0.3) is 0 Å². The van der Waals surface area contributed by atoms with Gasteiger partial charge in [0.15, 0.2) is 0 Å². The van der Waals surface area contributed by atoms with Crippen LogP contribution >= 0.6 is 11.3 Å². The minimum atomic E-state index is 0.809. The van der Waals surface area contributed by atoms with Gasteiger partial charge in [-0.15, -0.1) is 11.3 Å². The lowest BCUT2D eigenvalue weighted by Gasteiger charge is -1.93. The second-order valence-corrected chi connectivity index (χ2v) is 4.36. The van der Waals surface area contributed by atoms with Crippen molar-refractivity contribution in [2.24, 2.45) is 0 Å². The molecule has 2 aromatic heterocycles. The highest BCUT2D eigenvalue weighted by atomic mass is 32.1. The molecule has 0 saturated carbocycles. The van der Waals surface area contributed by atoms with E-state index in [2.05, 4.69) is 21.9 Å². The fourth-order valence-electron chi connectivity index (χ4n) is 1.29. The first-order chi connectivity index (χ1) is 6.25. The highest BCUT2D eigenvalue weighted by Gasteiger charge is 2.06. The molecule has 0 atom stereocenters. The van der Waals surface area contributed by atoms with Gasteiger partial charge in [-0.3, -0.25) is 0 Å². The van der Waals surface area contributed by atoms with Gasteiger partial charge < -0.3 is 4.98 Å². The molecule has 0 aromatic carbocycles. The summed E-state index contributed by atoms with van der Waals surface area (Å²) in [6.45, 7) is 4.13. The number of H-pyrrole nitrogens is 1. The van der Waals surface area contributed by atoms with Crippen LogP contribution in [0.1, 0.15) is 21.4 Å². The second kappa shape index (κ2) is 3.30. The van der Waals surface area contributed by atoms with Crippen molar-refractivity contribution in [1.82, 2.24) is 15.0 Å². The second-order valence-electron chi connectivity index (χ2n) is 2.95. The third-order valence-corrected chi connectivity index (χ3v) is 2.82. The number of rotatable bonds is 2. The minimum absolute atomic E-state index is 0.809. The molecule has 0 radical (unpaired) electrons. The lowest BCUT2D eigenvalue weighted by molar-refractivity contribution is 0.973. The summed E-state index contributed by atoms with van der Waals surface area (Å²) in [7, 11) is 0. The molecule has 0 aliphatic heterocycles. The molecule has 0 aliphatic carbocycles. The zero-order valence-corrected chi connectivity index (χ0v) is 8.48. The van der Waals surface area contributed by atoms with Crippen LogP contribution in [0.4, 0.5) is 0 Å². The summed E-state index contributed by atoms with van der Waals surface area (Å²) in [5.41, 5.74) is 1.14. The van der Waals surface area contributed by atoms with Gasteiger partial charge in [0.05, 0.1) is 10.7 Å². The predicted octanol–water partition coefficient (Wildman–Crippen LogP) is 2.07. The fourth-order valence-corrected chi connectivity index (χ4v) is 2.12. The molecule has 2 aromatic rings. The molecule has 0 bridgehead atoms. The van der Waals surface area contributed by atoms with Gasteiger partial charge in [-0.1, -0.05) is 0 Å². The lowest BCUT2D eigenvalue weighted by atomic mass is 10.3. The van der Waals surface area contributed by atoms with Crippen LogP contribution in [0.5, 0.6) is 0 Å². The van der Waals surface area contributed by atoms with Crippen molar-refractivity contribution in [3.05, 3.63) is 33.8 Å². The van der Waals surface area contributed by atoms with E-state index in [0.717, 1.165) is 22.9 Å². The van der Waals surface area contributed by atoms with Gasteiger partial charge in [0.1, 0.15) is 5.82 Å². The highest BCUT2D eigenvalue weighted by Crippen LogP contribution is 2.17. The molecule has 4 heteroatoms. The van der Waals surface area contributed by atoms with Crippen LogP contribution in [0.25, 0.3) is 0 Å². The van der Waals surface area contributed by atoms with Crippen molar-refractivity contribution in [2.45, 2.75) is 20.3 Å². The lowest BCUT2D eigenvalue weighted by Crippen LogP contribution is -1.92. The maximum Gasteiger partial charge on any atom is 0.112 e. The number of aromatic amines is 1. The Morgan fingerprint density at radius 1 is 1.46 bits per heavy atom. The Morgan fingerprint density at radius 2 is 2.31 bits per heavy atom. The standard InChI is InChI=1S/C9H11N3S/c1-6-8(12-7(2)13-6)5-9-10-3-4-11-9/h3-4H,5H2,1-2H3,(H,10,11). The number of hydrogen-bond donors (Lipinski definition) is 1. The zero-order valence-electron chi connectivity index (χ0n) is 7.66. The number of nitrogens with zero attached hydrogens (tertiary/aromatic N) is 2. The molecule has 2 heterocycles. The molecular formula is C9H11N3S. The molecule has 68 valence electrons. The molecule has 2 rings (SSSR count). The van der Waals surface area contributed by atoms with E-state index in [1.807, 2.05) is 13.1 Å². The Bertz CT molecular complexity index is 389. The summed E-state index contributed by atoms with van der Waals surface area (Å²) in [5, 5.41) is 1.12. The number of imidazole rings is 1. The summed E-state index contributed by atoms with van der Waals surface area (Å²) in [5.74, 6) is 0.980. The Morgan fingerprint density at radius 3 is 2.85 bits per heavy atom. The van der Waals surface area contributed by atoms with Crippen LogP contribution < -0.4 is 0 Å². The average molecular weight is 193 g/mol. The molecule has 0 amide bonds. The summed E-state index contributed by atoms with van der Waals surface area (Å²) in [6, 6.07) is 0. The minimum Gasteiger partial charge on any atom is -0.348 e. The molecular weight excluding hydrogens is 182 g/mol. The molecule has 0 fully saturated rings. The maximum absolute atomic E-state index is 4.44. The van der Waals surface area contributed by atoms with Crippen LogP contribution in [0.2, 0.25) is 0 Å². The topological polar surface area (TPSA) is 41.6 Å². The monoisotopic (exact) mass is 193 g/mol. The summed E-state index contributed by atoms with van der Waals surface area (Å²) in [4.78, 5) is 13.0. The van der Waals surface area contributed by atoms with Gasteiger partial charge >= 0.3 is 0 Å². The average Bonchev–Trinajstić information content (AvgIpc) is 2.63. The molecule has 0 spiro atoms. The number of thiazole rings is 1. The van der Waals surface area contributed by atoms with Crippen LogP contribution in [0.3, 0.4) is 0 Å². The molecule has 3 nitrogen and oxygen atoms in total. The first-order valence-electron chi connectivity index (χ1n) is 4.17. The summed E-state index contributed by atoms with van der Waals surface area (Å²) < 4.78 is 0. The molecule has 1 N–H and O–H groups in total. The first kappa shape index (κ1) is 8.44. The van der Waals surface area contributed by atoms with E-state index in [0.29, 0.717) is 0 Å². The third kappa shape index (κ3) is 1.78. The Balaban J connectivity index is 2.23. The fraction of sp³-hybridized carbons (Fsp3) is 0.333. The van der Waals surface area contributed by atoms with Crippen molar-refractivity contribution in [3.8, 4) is 0 Å². The Hall–Kier alpha value is -1.16. The van der Waals surface area contributed by atoms with Crippen molar-refractivity contribution in [1.29, 1.82) is 0 Å². The van der Waals surface area contributed by atoms with E-state index in [1.165, 1.54) is 4.88 Å². The van der Waals surface area contributed by atoms with Gasteiger partial charge in [0, 0.05) is 23.7 Å². The Kier molecular flexibility index (Phi) is 2.14. The van der Waals surface area contributed by atoms with Crippen LogP contribution in [-0.2, 0) is 6.42 Å². The van der Waals surface area contributed by atoms with E-state index < -0.39 is 0 Å². The summed E-state index contributed by atoms with van der Waals surface area (Å²) >= 11 is 1.74. The number of aromatic nitrogens is 3. The van der Waals surface area contributed by atoms with E-state index in [1.54, 1.807) is 17.5 Å². The smallest absolute Gasteiger partial charge is 0.112 e. The maximum atomic E-state index is 4.44. The van der Waals surface area contributed by atoms with Gasteiger partial charge in [0.2, 0.25) is 0 Å². The number of hydrogen-bond acceptors (Lipinski definition) is 3. The quantitative estimate of drug-likeness (QED) is 0.793. The zero-order chi connectivity index (χ0) is 9.26. The van der Waals surface area contributed by atoms with Crippen LogP contribution in [0.15, 0.2) is 12.4 Å². The van der Waals surface area contributed by atoms with Gasteiger partial charge in [-0.25, -0.2) is 9.97 Å². The van der Waals surface area contributed by atoms with E-state index in [4.69, 9.17) is 0 Å². The van der Waals surface area contributed by atoms with Crippen molar-refractivity contribution in [3.63, 3.8) is 0 Å². The Labute approximate surface area is 80.9 Å². The number of nitrogens with one attached hydrogen (secondary N) is 1. The van der Waals surface area contributed by atoms with E-state index in [9.17, 15) is 0 Å². The van der Waals surface area contributed by atoms with Crippen LogP contribution in [0, 0.1) is 13.8 Å².